The van der Waals surface area contributed by atoms with Gasteiger partial charge < -0.3 is 0 Å². The summed E-state index contributed by atoms with van der Waals surface area (Å²) in [4.78, 5) is 17.0. The summed E-state index contributed by atoms with van der Waals surface area (Å²) in [6.07, 6.45) is 2.18. The van der Waals surface area contributed by atoms with Crippen LogP contribution in [0.15, 0.2) is 54.7 Å². The second kappa shape index (κ2) is 5.49. The lowest BCUT2D eigenvalue weighted by Gasteiger charge is -2.10. The van der Waals surface area contributed by atoms with Crippen molar-refractivity contribution >= 4 is 16.7 Å². The van der Waals surface area contributed by atoms with E-state index in [1.54, 1.807) is 6.20 Å². The summed E-state index contributed by atoms with van der Waals surface area (Å²) in [6, 6.07) is 15.9. The van der Waals surface area contributed by atoms with Gasteiger partial charge in [0.25, 0.3) is 0 Å². The van der Waals surface area contributed by atoms with Gasteiger partial charge in [0.2, 0.25) is 0 Å². The van der Waals surface area contributed by atoms with Crippen LogP contribution >= 0.6 is 0 Å². The highest BCUT2D eigenvalue weighted by atomic mass is 16.1. The first-order valence-electron chi connectivity index (χ1n) is 7.09. The van der Waals surface area contributed by atoms with E-state index in [0.717, 1.165) is 33.2 Å². The second-order valence-electron chi connectivity index (χ2n) is 5.35. The van der Waals surface area contributed by atoms with Crippen molar-refractivity contribution in [2.45, 2.75) is 20.3 Å². The van der Waals surface area contributed by atoms with E-state index < -0.39 is 0 Å². The molecule has 0 aliphatic heterocycles. The first kappa shape index (κ1) is 13.5. The normalized spacial score (nSPS) is 10.8. The number of fused-ring (bicyclic) bond motifs is 1. The molecule has 0 spiro atoms. The second-order valence-corrected chi connectivity index (χ2v) is 5.35. The summed E-state index contributed by atoms with van der Waals surface area (Å²) >= 11 is 0. The average molecular weight is 275 g/mol. The number of hydrogen-bond acceptors (Lipinski definition) is 2. The Labute approximate surface area is 124 Å². The standard InChI is InChI=1S/C19H17NO/c1-13-6-5-7-14(2)19(13)18(21)12-15-10-11-20-17-9-4-3-8-16(15)17/h3-11H,12H2,1-2H3. The summed E-state index contributed by atoms with van der Waals surface area (Å²) in [7, 11) is 0. The number of carbonyl (C=O) groups excluding carboxylic acids is 1. The fourth-order valence-corrected chi connectivity index (χ4v) is 2.82. The molecule has 0 aliphatic rings. The minimum Gasteiger partial charge on any atom is -0.294 e. The van der Waals surface area contributed by atoms with Crippen molar-refractivity contribution in [1.82, 2.24) is 4.98 Å². The molecule has 0 radical (unpaired) electrons. The van der Waals surface area contributed by atoms with Crippen LogP contribution in [0.5, 0.6) is 0 Å². The highest BCUT2D eigenvalue weighted by Gasteiger charge is 2.14. The summed E-state index contributed by atoms with van der Waals surface area (Å²) in [5.74, 6) is 0.168. The van der Waals surface area contributed by atoms with Crippen molar-refractivity contribution in [3.05, 3.63) is 77.0 Å². The highest BCUT2D eigenvalue weighted by Crippen LogP contribution is 2.20. The maximum atomic E-state index is 12.7. The number of nitrogens with zero attached hydrogens (tertiary/aromatic N) is 1. The molecule has 0 bridgehead atoms. The van der Waals surface area contributed by atoms with Crippen molar-refractivity contribution in [2.75, 3.05) is 0 Å². The van der Waals surface area contributed by atoms with Gasteiger partial charge in [-0.25, -0.2) is 0 Å². The molecule has 104 valence electrons. The lowest BCUT2D eigenvalue weighted by atomic mass is 9.94. The lowest BCUT2D eigenvalue weighted by molar-refractivity contribution is 0.0992. The van der Waals surface area contributed by atoms with E-state index in [9.17, 15) is 4.79 Å². The van der Waals surface area contributed by atoms with Crippen LogP contribution in [0.4, 0.5) is 0 Å². The molecule has 2 nitrogen and oxygen atoms in total. The van der Waals surface area contributed by atoms with Gasteiger partial charge in [0.1, 0.15) is 0 Å². The summed E-state index contributed by atoms with van der Waals surface area (Å²) in [6.45, 7) is 3.98. The Morgan fingerprint density at radius 3 is 2.43 bits per heavy atom. The Morgan fingerprint density at radius 2 is 1.67 bits per heavy atom. The maximum absolute atomic E-state index is 12.7. The van der Waals surface area contributed by atoms with Gasteiger partial charge in [-0.05, 0) is 42.7 Å². The largest absolute Gasteiger partial charge is 0.294 e. The number of aryl methyl sites for hydroxylation is 2. The van der Waals surface area contributed by atoms with Crippen LogP contribution in [-0.2, 0) is 6.42 Å². The summed E-state index contributed by atoms with van der Waals surface area (Å²) in [5.41, 5.74) is 4.90. The monoisotopic (exact) mass is 275 g/mol. The van der Waals surface area contributed by atoms with Crippen molar-refractivity contribution in [3.63, 3.8) is 0 Å². The van der Waals surface area contributed by atoms with Crippen molar-refractivity contribution < 1.29 is 4.79 Å². The molecule has 0 aliphatic carbocycles. The van der Waals surface area contributed by atoms with Crippen molar-refractivity contribution in [3.8, 4) is 0 Å². The Morgan fingerprint density at radius 1 is 0.952 bits per heavy atom. The van der Waals surface area contributed by atoms with Crippen LogP contribution in [-0.4, -0.2) is 10.8 Å². The summed E-state index contributed by atoms with van der Waals surface area (Å²) < 4.78 is 0. The number of rotatable bonds is 3. The van der Waals surface area contributed by atoms with E-state index in [0.29, 0.717) is 6.42 Å². The fraction of sp³-hybridized carbons (Fsp3) is 0.158. The van der Waals surface area contributed by atoms with Gasteiger partial charge in [-0.15, -0.1) is 0 Å². The third-order valence-corrected chi connectivity index (χ3v) is 3.85. The van der Waals surface area contributed by atoms with Crippen LogP contribution in [0.2, 0.25) is 0 Å². The van der Waals surface area contributed by atoms with Gasteiger partial charge in [-0.1, -0.05) is 36.4 Å². The zero-order chi connectivity index (χ0) is 14.8. The molecule has 0 N–H and O–H groups in total. The van der Waals surface area contributed by atoms with E-state index >= 15 is 0 Å². The van der Waals surface area contributed by atoms with Crippen molar-refractivity contribution in [2.24, 2.45) is 0 Å². The number of pyridine rings is 1. The van der Waals surface area contributed by atoms with Gasteiger partial charge in [-0.2, -0.15) is 0 Å². The molecule has 0 saturated carbocycles. The average Bonchev–Trinajstić information content (AvgIpc) is 2.47. The molecule has 0 fully saturated rings. The number of Topliss-reactive ketones (excluding diaryl/α,β-unsaturated/α-hetero) is 1. The van der Waals surface area contributed by atoms with Crippen LogP contribution in [0.3, 0.4) is 0 Å². The first-order chi connectivity index (χ1) is 10.2. The Balaban J connectivity index is 2.01. The summed E-state index contributed by atoms with van der Waals surface area (Å²) in [5, 5.41) is 1.06. The zero-order valence-corrected chi connectivity index (χ0v) is 12.3. The molecule has 0 amide bonds. The third kappa shape index (κ3) is 2.57. The number of para-hydroxylation sites is 1. The highest BCUT2D eigenvalue weighted by molar-refractivity contribution is 6.01. The van der Waals surface area contributed by atoms with E-state index in [4.69, 9.17) is 0 Å². The van der Waals surface area contributed by atoms with Gasteiger partial charge in [0.15, 0.2) is 5.78 Å². The van der Waals surface area contributed by atoms with Crippen LogP contribution in [0.1, 0.15) is 27.0 Å². The van der Waals surface area contributed by atoms with E-state index in [1.807, 2.05) is 62.4 Å². The van der Waals surface area contributed by atoms with E-state index in [2.05, 4.69) is 4.98 Å². The molecule has 3 rings (SSSR count). The minimum absolute atomic E-state index is 0.168. The van der Waals surface area contributed by atoms with Gasteiger partial charge >= 0.3 is 0 Å². The lowest BCUT2D eigenvalue weighted by Crippen LogP contribution is -2.08. The smallest absolute Gasteiger partial charge is 0.167 e. The van der Waals surface area contributed by atoms with E-state index in [-0.39, 0.29) is 5.78 Å². The Hall–Kier alpha value is -2.48. The first-order valence-corrected chi connectivity index (χ1v) is 7.09. The number of carbonyl (C=O) groups is 1. The molecule has 0 saturated heterocycles. The zero-order valence-electron chi connectivity index (χ0n) is 12.3. The molecule has 3 aromatic rings. The molecule has 0 atom stereocenters. The number of aromatic nitrogens is 1. The quantitative estimate of drug-likeness (QED) is 0.668. The Kier molecular flexibility index (Phi) is 3.53. The molecule has 0 unspecified atom stereocenters. The maximum Gasteiger partial charge on any atom is 0.167 e. The Bertz CT molecular complexity index is 795. The van der Waals surface area contributed by atoms with Gasteiger partial charge in [-0.3, -0.25) is 9.78 Å². The van der Waals surface area contributed by atoms with Crippen LogP contribution < -0.4 is 0 Å². The SMILES string of the molecule is Cc1cccc(C)c1C(=O)Cc1ccnc2ccccc12. The topological polar surface area (TPSA) is 30.0 Å². The van der Waals surface area contributed by atoms with Gasteiger partial charge in [0, 0.05) is 23.6 Å². The fourth-order valence-electron chi connectivity index (χ4n) is 2.82. The number of hydrogen-bond donors (Lipinski definition) is 0. The molecule has 2 aromatic carbocycles. The molecule has 1 heterocycles. The number of benzene rings is 2. The molecule has 1 aromatic heterocycles. The molecule has 21 heavy (non-hydrogen) atoms. The minimum atomic E-state index is 0.168. The van der Waals surface area contributed by atoms with Crippen molar-refractivity contribution in [1.29, 1.82) is 0 Å². The molecule has 2 heteroatoms. The predicted molar refractivity (Wildman–Crippen MR) is 85.7 cm³/mol. The van der Waals surface area contributed by atoms with Crippen LogP contribution in [0, 0.1) is 13.8 Å². The molecular weight excluding hydrogens is 258 g/mol. The molecular formula is C19H17NO. The van der Waals surface area contributed by atoms with Crippen LogP contribution in [0.25, 0.3) is 10.9 Å². The predicted octanol–water partition coefficient (Wildman–Crippen LogP) is 4.28. The van der Waals surface area contributed by atoms with Gasteiger partial charge in [0.05, 0.1) is 5.52 Å². The van der Waals surface area contributed by atoms with E-state index in [1.165, 1.54) is 0 Å². The third-order valence-electron chi connectivity index (χ3n) is 3.85. The number of ketones is 1.